The number of carbonyl (C=O) groups excluding carboxylic acids is 1. The molecule has 2 aromatic carbocycles. The van der Waals surface area contributed by atoms with E-state index in [-0.39, 0.29) is 11.7 Å². The summed E-state index contributed by atoms with van der Waals surface area (Å²) in [5, 5.41) is 0.944. The van der Waals surface area contributed by atoms with Crippen LogP contribution in [0.5, 0.6) is 0 Å². The van der Waals surface area contributed by atoms with Gasteiger partial charge in [-0.3, -0.25) is 4.79 Å². The van der Waals surface area contributed by atoms with Gasteiger partial charge in [0.15, 0.2) is 0 Å². The molecule has 4 nitrogen and oxygen atoms in total. The topological polar surface area (TPSA) is 43.5 Å². The van der Waals surface area contributed by atoms with E-state index in [1.165, 1.54) is 35.4 Å². The van der Waals surface area contributed by atoms with E-state index in [9.17, 15) is 9.18 Å². The third kappa shape index (κ3) is 4.60. The fourth-order valence-corrected chi connectivity index (χ4v) is 4.76. The molecule has 3 aromatic rings. The van der Waals surface area contributed by atoms with Gasteiger partial charge in [-0.25, -0.2) is 9.24 Å². The summed E-state index contributed by atoms with van der Waals surface area (Å²) in [6, 6.07) is 8.44. The number of nitrogens with zero attached hydrogens (tertiary/aromatic N) is 2. The highest BCUT2D eigenvalue weighted by Crippen LogP contribution is 2.44. The first-order chi connectivity index (χ1) is 13.5. The van der Waals surface area contributed by atoms with Crippen molar-refractivity contribution in [2.45, 2.75) is 49.9 Å². The van der Waals surface area contributed by atoms with Gasteiger partial charge in [0, 0.05) is 22.0 Å². The average Bonchev–Trinajstić information content (AvgIpc) is 3.08. The van der Waals surface area contributed by atoms with Gasteiger partial charge in [0.1, 0.15) is 16.2 Å². The number of ether oxygens (including phenoxy) is 1. The molecule has 0 bridgehead atoms. The Balaban J connectivity index is 2.10. The SMILES string of the molecule is [C-]#[N+]c1ccc(-c2c(SC(C)(C)C(=O)OC(C)(C)C)ccc3cnsc23)cc1F. The summed E-state index contributed by atoms with van der Waals surface area (Å²) in [4.78, 5) is 16.8. The minimum Gasteiger partial charge on any atom is -0.459 e. The number of benzene rings is 2. The van der Waals surface area contributed by atoms with Crippen molar-refractivity contribution in [3.63, 3.8) is 0 Å². The summed E-state index contributed by atoms with van der Waals surface area (Å²) in [5.74, 6) is -0.888. The summed E-state index contributed by atoms with van der Waals surface area (Å²) in [7, 11) is 0. The van der Waals surface area contributed by atoms with Crippen LogP contribution in [0, 0.1) is 12.4 Å². The van der Waals surface area contributed by atoms with Crippen LogP contribution in [0.2, 0.25) is 0 Å². The van der Waals surface area contributed by atoms with Crippen molar-refractivity contribution in [3.05, 3.63) is 53.8 Å². The second-order valence-electron chi connectivity index (χ2n) is 8.08. The number of rotatable bonds is 4. The standard InChI is InChI=1S/C22H21FN2O2S2/c1-21(2,3)27-20(26)22(4,5)28-17-10-8-14-12-25-29-19(14)18(17)13-7-9-16(24-6)15(23)11-13/h7-12H,1-5H3. The van der Waals surface area contributed by atoms with Crippen LogP contribution in [0.1, 0.15) is 34.6 Å². The van der Waals surface area contributed by atoms with Gasteiger partial charge in [-0.1, -0.05) is 18.2 Å². The van der Waals surface area contributed by atoms with Gasteiger partial charge in [0.25, 0.3) is 0 Å². The molecule has 1 aromatic heterocycles. The quantitative estimate of drug-likeness (QED) is 0.258. The number of hydrogen-bond donors (Lipinski definition) is 0. The van der Waals surface area contributed by atoms with E-state index in [0.717, 1.165) is 20.5 Å². The second kappa shape index (κ2) is 7.77. The van der Waals surface area contributed by atoms with Gasteiger partial charge in [0.05, 0.1) is 11.3 Å². The lowest BCUT2D eigenvalue weighted by atomic mass is 10.0. The highest BCUT2D eigenvalue weighted by atomic mass is 32.2. The minimum absolute atomic E-state index is 0.0199. The Morgan fingerprint density at radius 3 is 2.55 bits per heavy atom. The molecule has 0 amide bonds. The van der Waals surface area contributed by atoms with Crippen molar-refractivity contribution in [1.82, 2.24) is 4.37 Å². The van der Waals surface area contributed by atoms with E-state index >= 15 is 0 Å². The fourth-order valence-electron chi connectivity index (χ4n) is 2.75. The molecule has 0 N–H and O–H groups in total. The number of hydrogen-bond acceptors (Lipinski definition) is 5. The van der Waals surface area contributed by atoms with Crippen LogP contribution < -0.4 is 0 Å². The number of fused-ring (bicyclic) bond motifs is 1. The molecule has 150 valence electrons. The van der Waals surface area contributed by atoms with Crippen molar-refractivity contribution < 1.29 is 13.9 Å². The Morgan fingerprint density at radius 1 is 1.21 bits per heavy atom. The van der Waals surface area contributed by atoms with E-state index in [2.05, 4.69) is 9.22 Å². The Labute approximate surface area is 178 Å². The lowest BCUT2D eigenvalue weighted by molar-refractivity contribution is -0.156. The zero-order chi connectivity index (χ0) is 21.4. The maximum Gasteiger partial charge on any atom is 0.322 e. The first kappa shape index (κ1) is 21.3. The fraction of sp³-hybridized carbons (Fsp3) is 0.318. The molecular weight excluding hydrogens is 407 g/mol. The molecule has 0 aliphatic carbocycles. The zero-order valence-electron chi connectivity index (χ0n) is 16.9. The molecule has 0 spiro atoms. The second-order valence-corrected chi connectivity index (χ2v) is 10.5. The van der Waals surface area contributed by atoms with Crippen LogP contribution in [0.4, 0.5) is 10.1 Å². The number of thioether (sulfide) groups is 1. The summed E-state index contributed by atoms with van der Waals surface area (Å²) in [6.07, 6.45) is 1.76. The van der Waals surface area contributed by atoms with Crippen LogP contribution in [-0.2, 0) is 9.53 Å². The lowest BCUT2D eigenvalue weighted by Gasteiger charge is -2.28. The predicted octanol–water partition coefficient (Wildman–Crippen LogP) is 6.87. The molecule has 0 atom stereocenters. The third-order valence-electron chi connectivity index (χ3n) is 4.10. The van der Waals surface area contributed by atoms with Crippen LogP contribution in [0.25, 0.3) is 26.1 Å². The van der Waals surface area contributed by atoms with Crippen LogP contribution in [0.3, 0.4) is 0 Å². The van der Waals surface area contributed by atoms with Gasteiger partial charge in [0.2, 0.25) is 5.69 Å². The first-order valence-corrected chi connectivity index (χ1v) is 10.6. The predicted molar refractivity (Wildman–Crippen MR) is 117 cm³/mol. The molecular formula is C22H21FN2O2S2. The van der Waals surface area contributed by atoms with Crippen molar-refractivity contribution in [2.24, 2.45) is 0 Å². The lowest BCUT2D eigenvalue weighted by Crippen LogP contribution is -2.36. The average molecular weight is 429 g/mol. The molecule has 7 heteroatoms. The Kier molecular flexibility index (Phi) is 5.70. The van der Waals surface area contributed by atoms with Crippen molar-refractivity contribution in [1.29, 1.82) is 0 Å². The van der Waals surface area contributed by atoms with Crippen LogP contribution >= 0.6 is 23.3 Å². The highest BCUT2D eigenvalue weighted by molar-refractivity contribution is 8.01. The summed E-state index contributed by atoms with van der Waals surface area (Å²) < 4.78 is 24.2. The molecule has 3 rings (SSSR count). The molecule has 0 radical (unpaired) electrons. The van der Waals surface area contributed by atoms with Gasteiger partial charge in [-0.05, 0) is 63.8 Å². The van der Waals surface area contributed by atoms with Gasteiger partial charge >= 0.3 is 5.97 Å². The maximum atomic E-state index is 14.3. The van der Waals surface area contributed by atoms with Gasteiger partial charge in [-0.2, -0.15) is 4.37 Å². The van der Waals surface area contributed by atoms with E-state index in [1.54, 1.807) is 12.3 Å². The molecule has 0 saturated heterocycles. The minimum atomic E-state index is -0.852. The Hall–Kier alpha value is -2.43. The smallest absolute Gasteiger partial charge is 0.322 e. The van der Waals surface area contributed by atoms with E-state index < -0.39 is 16.2 Å². The largest absolute Gasteiger partial charge is 0.459 e. The van der Waals surface area contributed by atoms with Gasteiger partial charge < -0.3 is 4.74 Å². The monoisotopic (exact) mass is 428 g/mol. The molecule has 0 unspecified atom stereocenters. The molecule has 1 heterocycles. The number of esters is 1. The van der Waals surface area contributed by atoms with Crippen molar-refractivity contribution in [2.75, 3.05) is 0 Å². The molecule has 0 aliphatic heterocycles. The van der Waals surface area contributed by atoms with E-state index in [1.807, 2.05) is 46.8 Å². The highest BCUT2D eigenvalue weighted by Gasteiger charge is 2.34. The van der Waals surface area contributed by atoms with Crippen LogP contribution in [-0.4, -0.2) is 20.7 Å². The summed E-state index contributed by atoms with van der Waals surface area (Å²) >= 11 is 2.69. The summed E-state index contributed by atoms with van der Waals surface area (Å²) in [5.41, 5.74) is 0.848. The van der Waals surface area contributed by atoms with E-state index in [4.69, 9.17) is 11.3 Å². The third-order valence-corrected chi connectivity index (χ3v) is 6.17. The normalized spacial score (nSPS) is 12.0. The first-order valence-electron chi connectivity index (χ1n) is 8.99. The summed E-state index contributed by atoms with van der Waals surface area (Å²) in [6.45, 7) is 16.2. The van der Waals surface area contributed by atoms with E-state index in [0.29, 0.717) is 5.56 Å². The zero-order valence-corrected chi connectivity index (χ0v) is 18.5. The van der Waals surface area contributed by atoms with Crippen molar-refractivity contribution in [3.8, 4) is 11.1 Å². The Bertz CT molecular complexity index is 1120. The number of carbonyl (C=O) groups is 1. The number of aromatic nitrogens is 1. The molecule has 29 heavy (non-hydrogen) atoms. The molecule has 0 aliphatic rings. The van der Waals surface area contributed by atoms with Gasteiger partial charge in [-0.15, -0.1) is 11.8 Å². The molecule has 0 saturated carbocycles. The van der Waals surface area contributed by atoms with Crippen molar-refractivity contribution >= 4 is 45.0 Å². The number of halogens is 1. The molecule has 0 fully saturated rings. The van der Waals surface area contributed by atoms with Crippen LogP contribution in [0.15, 0.2) is 41.4 Å². The Morgan fingerprint density at radius 2 is 1.93 bits per heavy atom. The maximum absolute atomic E-state index is 14.3.